The number of rotatable bonds is 3. The van der Waals surface area contributed by atoms with Crippen LogP contribution in [0.2, 0.25) is 0 Å². The van der Waals surface area contributed by atoms with E-state index in [2.05, 4.69) is 0 Å². The van der Waals surface area contributed by atoms with Crippen LogP contribution in [0.5, 0.6) is 0 Å². The van der Waals surface area contributed by atoms with Gasteiger partial charge >= 0.3 is 5.97 Å². The summed E-state index contributed by atoms with van der Waals surface area (Å²) in [6, 6.07) is 1.12. The number of sulfone groups is 1. The zero-order valence-electron chi connectivity index (χ0n) is 10.3. The van der Waals surface area contributed by atoms with Gasteiger partial charge in [-0.05, 0) is 25.0 Å². The second kappa shape index (κ2) is 5.45. The maximum atomic E-state index is 13.7. The number of benzene rings is 1. The highest BCUT2D eigenvalue weighted by molar-refractivity contribution is 7.92. The van der Waals surface area contributed by atoms with Gasteiger partial charge in [-0.25, -0.2) is 22.0 Å². The molecule has 1 aromatic carbocycles. The summed E-state index contributed by atoms with van der Waals surface area (Å²) < 4.78 is 56.7. The Morgan fingerprint density at radius 3 is 2.40 bits per heavy atom. The van der Waals surface area contributed by atoms with E-state index in [1.807, 2.05) is 0 Å². The van der Waals surface area contributed by atoms with Gasteiger partial charge in [0.25, 0.3) is 0 Å². The molecule has 0 unspecified atom stereocenters. The van der Waals surface area contributed by atoms with Crippen LogP contribution >= 0.6 is 0 Å². The molecule has 2 rings (SSSR count). The van der Waals surface area contributed by atoms with E-state index in [0.29, 0.717) is 12.1 Å². The summed E-state index contributed by atoms with van der Waals surface area (Å²) in [7, 11) is -4.13. The third-order valence-electron chi connectivity index (χ3n) is 3.16. The minimum Gasteiger partial charge on any atom is -0.478 e. The summed E-state index contributed by atoms with van der Waals surface area (Å²) in [5.41, 5.74) is -0.602. The van der Waals surface area contributed by atoms with Gasteiger partial charge in [0.1, 0.15) is 4.90 Å². The maximum Gasteiger partial charge on any atom is 0.335 e. The summed E-state index contributed by atoms with van der Waals surface area (Å²) in [4.78, 5) is 9.91. The van der Waals surface area contributed by atoms with Gasteiger partial charge in [0.2, 0.25) is 0 Å². The molecule has 1 aliphatic rings. The van der Waals surface area contributed by atoms with Crippen LogP contribution in [-0.4, -0.2) is 38.0 Å². The lowest BCUT2D eigenvalue weighted by atomic mass is 10.2. The monoisotopic (exact) mass is 306 g/mol. The molecule has 1 saturated heterocycles. The molecule has 0 aromatic heterocycles. The molecule has 0 radical (unpaired) electrons. The van der Waals surface area contributed by atoms with Gasteiger partial charge < -0.3 is 9.84 Å². The lowest BCUT2D eigenvalue weighted by molar-refractivity contribution is 0.0695. The van der Waals surface area contributed by atoms with Gasteiger partial charge in [0.15, 0.2) is 21.5 Å². The molecule has 0 bridgehead atoms. The van der Waals surface area contributed by atoms with Crippen molar-refractivity contribution in [2.75, 3.05) is 13.2 Å². The van der Waals surface area contributed by atoms with Crippen LogP contribution < -0.4 is 0 Å². The molecule has 0 spiro atoms. The fraction of sp³-hybridized carbons (Fsp3) is 0.417. The number of ether oxygens (including phenoxy) is 1. The van der Waals surface area contributed by atoms with Crippen LogP contribution in [-0.2, 0) is 14.6 Å². The first kappa shape index (κ1) is 14.9. The highest BCUT2D eigenvalue weighted by Crippen LogP contribution is 2.28. The number of carboxylic acids is 1. The topological polar surface area (TPSA) is 80.7 Å². The Labute approximate surface area is 114 Å². The zero-order chi connectivity index (χ0) is 14.9. The summed E-state index contributed by atoms with van der Waals surface area (Å²) in [5.74, 6) is -4.55. The van der Waals surface area contributed by atoms with E-state index >= 15 is 0 Å². The average Bonchev–Trinajstić information content (AvgIpc) is 2.42. The first-order valence-electron chi connectivity index (χ1n) is 5.88. The molecular formula is C12H12F2O5S. The second-order valence-corrected chi connectivity index (χ2v) is 6.63. The summed E-state index contributed by atoms with van der Waals surface area (Å²) in [5, 5.41) is 7.90. The van der Waals surface area contributed by atoms with E-state index in [-0.39, 0.29) is 26.1 Å². The Balaban J connectivity index is 2.52. The first-order chi connectivity index (χ1) is 9.34. The largest absolute Gasteiger partial charge is 0.478 e. The Bertz CT molecular complexity index is 635. The standard InChI is InChI=1S/C12H12F2O5S/c13-9-5-7(12(15)16)6-10(11(9)14)20(17,18)8-1-3-19-4-2-8/h5-6,8H,1-4H2,(H,15,16). The van der Waals surface area contributed by atoms with Crippen LogP contribution in [0.25, 0.3) is 0 Å². The number of carboxylic acid groups (broad SMARTS) is 1. The molecule has 1 N–H and O–H groups in total. The molecule has 1 fully saturated rings. The Hall–Kier alpha value is -1.54. The number of aromatic carboxylic acids is 1. The SMILES string of the molecule is O=C(O)c1cc(F)c(F)c(S(=O)(=O)C2CCOCC2)c1. The van der Waals surface area contributed by atoms with Crippen molar-refractivity contribution in [3.05, 3.63) is 29.3 Å². The predicted octanol–water partition coefficient (Wildman–Crippen LogP) is 1.62. The van der Waals surface area contributed by atoms with E-state index in [1.165, 1.54) is 0 Å². The first-order valence-corrected chi connectivity index (χ1v) is 7.42. The molecular weight excluding hydrogens is 294 g/mol. The molecule has 1 aromatic rings. The fourth-order valence-electron chi connectivity index (χ4n) is 2.06. The molecule has 8 heteroatoms. The van der Waals surface area contributed by atoms with Gasteiger partial charge in [-0.15, -0.1) is 0 Å². The summed E-state index contributed by atoms with van der Waals surface area (Å²) in [6.07, 6.45) is 0.335. The van der Waals surface area contributed by atoms with E-state index < -0.39 is 43.1 Å². The van der Waals surface area contributed by atoms with E-state index in [9.17, 15) is 22.0 Å². The third kappa shape index (κ3) is 2.66. The quantitative estimate of drug-likeness (QED) is 0.917. The van der Waals surface area contributed by atoms with Crippen LogP contribution in [0.4, 0.5) is 8.78 Å². The third-order valence-corrected chi connectivity index (χ3v) is 5.41. The van der Waals surface area contributed by atoms with Crippen LogP contribution in [0.15, 0.2) is 17.0 Å². The minimum atomic E-state index is -4.13. The molecule has 1 aliphatic heterocycles. The van der Waals surface area contributed by atoms with Gasteiger partial charge in [-0.2, -0.15) is 0 Å². The molecule has 0 saturated carbocycles. The van der Waals surface area contributed by atoms with Gasteiger partial charge in [-0.3, -0.25) is 0 Å². The molecule has 110 valence electrons. The Morgan fingerprint density at radius 2 is 1.85 bits per heavy atom. The molecule has 5 nitrogen and oxygen atoms in total. The highest BCUT2D eigenvalue weighted by atomic mass is 32.2. The lowest BCUT2D eigenvalue weighted by Crippen LogP contribution is -2.29. The van der Waals surface area contributed by atoms with Crippen molar-refractivity contribution in [1.82, 2.24) is 0 Å². The maximum absolute atomic E-state index is 13.7. The molecule has 0 amide bonds. The Morgan fingerprint density at radius 1 is 1.25 bits per heavy atom. The zero-order valence-corrected chi connectivity index (χ0v) is 11.1. The predicted molar refractivity (Wildman–Crippen MR) is 64.3 cm³/mol. The second-order valence-electron chi connectivity index (χ2n) is 4.43. The van der Waals surface area contributed by atoms with Crippen molar-refractivity contribution in [2.24, 2.45) is 0 Å². The van der Waals surface area contributed by atoms with Crippen molar-refractivity contribution >= 4 is 15.8 Å². The smallest absolute Gasteiger partial charge is 0.335 e. The number of carbonyl (C=O) groups is 1. The normalized spacial score (nSPS) is 17.1. The van der Waals surface area contributed by atoms with Gasteiger partial charge in [0, 0.05) is 13.2 Å². The van der Waals surface area contributed by atoms with E-state index in [4.69, 9.17) is 9.84 Å². The van der Waals surface area contributed by atoms with Crippen molar-refractivity contribution in [1.29, 1.82) is 0 Å². The number of halogens is 2. The fourth-order valence-corrected chi connectivity index (χ4v) is 3.87. The minimum absolute atomic E-state index is 0.167. The van der Waals surface area contributed by atoms with Crippen LogP contribution in [0, 0.1) is 11.6 Å². The summed E-state index contributed by atoms with van der Waals surface area (Å²) >= 11 is 0. The van der Waals surface area contributed by atoms with E-state index in [0.717, 1.165) is 0 Å². The van der Waals surface area contributed by atoms with Crippen molar-refractivity contribution < 1.29 is 31.8 Å². The van der Waals surface area contributed by atoms with Gasteiger partial charge in [-0.1, -0.05) is 0 Å². The highest BCUT2D eigenvalue weighted by Gasteiger charge is 2.33. The van der Waals surface area contributed by atoms with Crippen LogP contribution in [0.3, 0.4) is 0 Å². The van der Waals surface area contributed by atoms with Crippen molar-refractivity contribution in [3.8, 4) is 0 Å². The number of hydrogen-bond donors (Lipinski definition) is 1. The van der Waals surface area contributed by atoms with E-state index in [1.54, 1.807) is 0 Å². The molecule has 20 heavy (non-hydrogen) atoms. The van der Waals surface area contributed by atoms with Crippen molar-refractivity contribution in [2.45, 2.75) is 23.0 Å². The number of hydrogen-bond acceptors (Lipinski definition) is 4. The molecule has 1 heterocycles. The lowest BCUT2D eigenvalue weighted by Gasteiger charge is -2.22. The molecule has 0 atom stereocenters. The Kier molecular flexibility index (Phi) is 4.05. The average molecular weight is 306 g/mol. The van der Waals surface area contributed by atoms with Crippen molar-refractivity contribution in [3.63, 3.8) is 0 Å². The van der Waals surface area contributed by atoms with Crippen LogP contribution in [0.1, 0.15) is 23.2 Å². The molecule has 0 aliphatic carbocycles. The summed E-state index contributed by atoms with van der Waals surface area (Å²) in [6.45, 7) is 0.430. The van der Waals surface area contributed by atoms with Gasteiger partial charge in [0.05, 0.1) is 10.8 Å².